The molecular formula is C16H26N2O. The Labute approximate surface area is 116 Å². The van der Waals surface area contributed by atoms with Crippen molar-refractivity contribution < 1.29 is 4.79 Å². The van der Waals surface area contributed by atoms with E-state index in [9.17, 15) is 4.79 Å². The molecule has 0 saturated heterocycles. The molecule has 3 nitrogen and oxygen atoms in total. The zero-order chi connectivity index (χ0) is 14.3. The van der Waals surface area contributed by atoms with Crippen LogP contribution in [0.3, 0.4) is 0 Å². The standard InChI is InChI=1S/C16H26N2O/c1-4-14(12(2)3)11-16(19)18-10-9-13-5-7-15(17)8-6-13/h5-8,12,14H,4,9-11,17H2,1-3H3,(H,18,19). The molecule has 1 unspecified atom stereocenters. The summed E-state index contributed by atoms with van der Waals surface area (Å²) in [5.74, 6) is 1.21. The fourth-order valence-electron chi connectivity index (χ4n) is 2.19. The minimum atomic E-state index is 0.163. The molecule has 0 aliphatic heterocycles. The van der Waals surface area contributed by atoms with Crippen LogP contribution in [0.15, 0.2) is 24.3 Å². The van der Waals surface area contributed by atoms with Crippen LogP contribution in [0.2, 0.25) is 0 Å². The van der Waals surface area contributed by atoms with E-state index in [0.29, 0.717) is 24.8 Å². The Hall–Kier alpha value is -1.51. The van der Waals surface area contributed by atoms with Crippen molar-refractivity contribution >= 4 is 11.6 Å². The van der Waals surface area contributed by atoms with Gasteiger partial charge in [-0.25, -0.2) is 0 Å². The molecule has 0 spiro atoms. The summed E-state index contributed by atoms with van der Waals surface area (Å²) in [6.07, 6.45) is 2.55. The quantitative estimate of drug-likeness (QED) is 0.742. The Morgan fingerprint density at radius 2 is 1.89 bits per heavy atom. The largest absolute Gasteiger partial charge is 0.399 e. The molecule has 3 heteroatoms. The molecule has 1 aromatic carbocycles. The van der Waals surface area contributed by atoms with Gasteiger partial charge in [-0.2, -0.15) is 0 Å². The summed E-state index contributed by atoms with van der Waals surface area (Å²) in [5.41, 5.74) is 7.61. The van der Waals surface area contributed by atoms with Gasteiger partial charge in [-0.1, -0.05) is 39.3 Å². The number of anilines is 1. The van der Waals surface area contributed by atoms with E-state index >= 15 is 0 Å². The molecule has 0 fully saturated rings. The Bertz CT molecular complexity index is 384. The number of hydrogen-bond acceptors (Lipinski definition) is 2. The number of rotatable bonds is 7. The predicted octanol–water partition coefficient (Wildman–Crippen LogP) is 3.00. The van der Waals surface area contributed by atoms with E-state index in [4.69, 9.17) is 5.73 Å². The number of nitrogens with two attached hydrogens (primary N) is 1. The van der Waals surface area contributed by atoms with Crippen molar-refractivity contribution in [3.8, 4) is 0 Å². The summed E-state index contributed by atoms with van der Waals surface area (Å²) >= 11 is 0. The lowest BCUT2D eigenvalue weighted by molar-refractivity contribution is -0.122. The molecule has 106 valence electrons. The first kappa shape index (κ1) is 15.5. The topological polar surface area (TPSA) is 55.1 Å². The molecule has 19 heavy (non-hydrogen) atoms. The van der Waals surface area contributed by atoms with Crippen LogP contribution in [0.5, 0.6) is 0 Å². The SMILES string of the molecule is CCC(CC(=O)NCCc1ccc(N)cc1)C(C)C. The summed E-state index contributed by atoms with van der Waals surface area (Å²) in [5, 5.41) is 3.00. The zero-order valence-corrected chi connectivity index (χ0v) is 12.3. The molecule has 0 aliphatic carbocycles. The lowest BCUT2D eigenvalue weighted by Crippen LogP contribution is -2.28. The van der Waals surface area contributed by atoms with Gasteiger partial charge >= 0.3 is 0 Å². The molecule has 0 aliphatic rings. The van der Waals surface area contributed by atoms with Crippen LogP contribution < -0.4 is 11.1 Å². The Kier molecular flexibility index (Phi) is 6.40. The Morgan fingerprint density at radius 3 is 2.42 bits per heavy atom. The van der Waals surface area contributed by atoms with E-state index in [-0.39, 0.29) is 5.91 Å². The molecule has 1 atom stereocenters. The van der Waals surface area contributed by atoms with Crippen LogP contribution in [-0.2, 0) is 11.2 Å². The van der Waals surface area contributed by atoms with Gasteiger partial charge in [0.2, 0.25) is 5.91 Å². The first-order valence-corrected chi connectivity index (χ1v) is 7.14. The van der Waals surface area contributed by atoms with E-state index in [0.717, 1.165) is 18.5 Å². The fourth-order valence-corrected chi connectivity index (χ4v) is 2.19. The second kappa shape index (κ2) is 7.82. The third kappa shape index (κ3) is 5.77. The van der Waals surface area contributed by atoms with Crippen LogP contribution in [0.1, 0.15) is 39.2 Å². The number of nitrogens with one attached hydrogen (secondary N) is 1. The van der Waals surface area contributed by atoms with Gasteiger partial charge < -0.3 is 11.1 Å². The van der Waals surface area contributed by atoms with E-state index in [2.05, 4.69) is 26.1 Å². The molecule has 0 aromatic heterocycles. The van der Waals surface area contributed by atoms with Crippen molar-refractivity contribution in [3.05, 3.63) is 29.8 Å². The van der Waals surface area contributed by atoms with Crippen molar-refractivity contribution in [1.29, 1.82) is 0 Å². The van der Waals surface area contributed by atoms with E-state index in [1.165, 1.54) is 5.56 Å². The highest BCUT2D eigenvalue weighted by Gasteiger charge is 2.15. The lowest BCUT2D eigenvalue weighted by Gasteiger charge is -2.18. The average molecular weight is 262 g/mol. The first-order chi connectivity index (χ1) is 9.02. The number of hydrogen-bond donors (Lipinski definition) is 2. The van der Waals surface area contributed by atoms with Gasteiger partial charge in [0.05, 0.1) is 0 Å². The van der Waals surface area contributed by atoms with Crippen LogP contribution in [-0.4, -0.2) is 12.5 Å². The highest BCUT2D eigenvalue weighted by Crippen LogP contribution is 2.18. The van der Waals surface area contributed by atoms with Gasteiger partial charge in [-0.15, -0.1) is 0 Å². The van der Waals surface area contributed by atoms with E-state index < -0.39 is 0 Å². The van der Waals surface area contributed by atoms with Crippen LogP contribution in [0.25, 0.3) is 0 Å². The molecule has 0 heterocycles. The molecule has 0 radical (unpaired) electrons. The molecule has 0 saturated carbocycles. The molecule has 0 bridgehead atoms. The number of carbonyl (C=O) groups excluding carboxylic acids is 1. The molecule has 3 N–H and O–H groups in total. The third-order valence-corrected chi connectivity index (χ3v) is 3.63. The average Bonchev–Trinajstić information content (AvgIpc) is 2.38. The van der Waals surface area contributed by atoms with Gasteiger partial charge in [0.1, 0.15) is 0 Å². The monoisotopic (exact) mass is 262 g/mol. The third-order valence-electron chi connectivity index (χ3n) is 3.63. The summed E-state index contributed by atoms with van der Waals surface area (Å²) in [6.45, 7) is 7.19. The summed E-state index contributed by atoms with van der Waals surface area (Å²) in [7, 11) is 0. The lowest BCUT2D eigenvalue weighted by atomic mass is 9.90. The van der Waals surface area contributed by atoms with Gasteiger partial charge in [0.15, 0.2) is 0 Å². The normalized spacial score (nSPS) is 12.4. The molecule has 1 rings (SSSR count). The minimum Gasteiger partial charge on any atom is -0.399 e. The second-order valence-electron chi connectivity index (χ2n) is 5.46. The van der Waals surface area contributed by atoms with E-state index in [1.807, 2.05) is 24.3 Å². The first-order valence-electron chi connectivity index (χ1n) is 7.14. The number of amides is 1. The van der Waals surface area contributed by atoms with Crippen LogP contribution >= 0.6 is 0 Å². The smallest absolute Gasteiger partial charge is 0.220 e. The highest BCUT2D eigenvalue weighted by molar-refractivity contribution is 5.76. The van der Waals surface area contributed by atoms with Crippen molar-refractivity contribution in [1.82, 2.24) is 5.32 Å². The Morgan fingerprint density at radius 1 is 1.26 bits per heavy atom. The fraction of sp³-hybridized carbons (Fsp3) is 0.562. The Balaban J connectivity index is 2.29. The minimum absolute atomic E-state index is 0.163. The number of nitrogen functional groups attached to an aromatic ring is 1. The summed E-state index contributed by atoms with van der Waals surface area (Å²) in [6, 6.07) is 7.79. The number of carbonyl (C=O) groups is 1. The van der Waals surface area contributed by atoms with Crippen molar-refractivity contribution in [2.75, 3.05) is 12.3 Å². The molecule has 1 amide bonds. The van der Waals surface area contributed by atoms with Crippen molar-refractivity contribution in [3.63, 3.8) is 0 Å². The maximum absolute atomic E-state index is 11.8. The molecular weight excluding hydrogens is 236 g/mol. The van der Waals surface area contributed by atoms with Gasteiger partial charge in [-0.05, 0) is 36.0 Å². The maximum atomic E-state index is 11.8. The van der Waals surface area contributed by atoms with Crippen LogP contribution in [0, 0.1) is 11.8 Å². The second-order valence-corrected chi connectivity index (χ2v) is 5.46. The predicted molar refractivity (Wildman–Crippen MR) is 80.8 cm³/mol. The maximum Gasteiger partial charge on any atom is 0.220 e. The summed E-state index contributed by atoms with van der Waals surface area (Å²) in [4.78, 5) is 11.8. The van der Waals surface area contributed by atoms with Gasteiger partial charge in [-0.3, -0.25) is 4.79 Å². The molecule has 1 aromatic rings. The highest BCUT2D eigenvalue weighted by atomic mass is 16.1. The van der Waals surface area contributed by atoms with Crippen molar-refractivity contribution in [2.45, 2.75) is 40.0 Å². The number of benzene rings is 1. The van der Waals surface area contributed by atoms with E-state index in [1.54, 1.807) is 0 Å². The van der Waals surface area contributed by atoms with Crippen molar-refractivity contribution in [2.24, 2.45) is 11.8 Å². The van der Waals surface area contributed by atoms with Gasteiger partial charge in [0.25, 0.3) is 0 Å². The zero-order valence-electron chi connectivity index (χ0n) is 12.3. The van der Waals surface area contributed by atoms with Crippen LogP contribution in [0.4, 0.5) is 5.69 Å². The van der Waals surface area contributed by atoms with Gasteiger partial charge in [0, 0.05) is 18.7 Å². The summed E-state index contributed by atoms with van der Waals surface area (Å²) < 4.78 is 0.